The third-order valence-corrected chi connectivity index (χ3v) is 4.25. The van der Waals surface area contributed by atoms with E-state index in [4.69, 9.17) is 6.42 Å². The Kier molecular flexibility index (Phi) is 5.00. The Morgan fingerprint density at radius 1 is 1.26 bits per heavy atom. The second-order valence-corrected chi connectivity index (χ2v) is 6.03. The number of terminal acetylenes is 1. The minimum Gasteiger partial charge on any atom is -0.324 e. The smallest absolute Gasteiger partial charge is 0.264 e. The van der Waals surface area contributed by atoms with Crippen molar-refractivity contribution in [2.45, 2.75) is 18.9 Å². The first-order valence-corrected chi connectivity index (χ1v) is 8.22. The van der Waals surface area contributed by atoms with Crippen molar-refractivity contribution >= 4 is 35.2 Å². The number of fused-ring (bicyclic) bond motifs is 1. The molecule has 9 heteroatoms. The second kappa shape index (κ2) is 7.39. The molecule has 1 saturated heterocycles. The van der Waals surface area contributed by atoms with E-state index in [-0.39, 0.29) is 42.7 Å². The summed E-state index contributed by atoms with van der Waals surface area (Å²) in [4.78, 5) is 61.7. The second-order valence-electron chi connectivity index (χ2n) is 6.03. The Bertz CT molecular complexity index is 902. The SMILES string of the molecule is C#CCNCC(=O)Nc1cccc2c1C(=O)N(C1CCC(=O)NC1=O)C2=O. The molecular formula is C18H16N4O5. The van der Waals surface area contributed by atoms with Crippen LogP contribution in [0.3, 0.4) is 0 Å². The maximum atomic E-state index is 12.8. The molecule has 1 aromatic rings. The number of carbonyl (C=O) groups excluding carboxylic acids is 5. The number of nitrogens with one attached hydrogen (secondary N) is 3. The number of amides is 5. The molecule has 5 amide bonds. The molecule has 2 aliphatic heterocycles. The molecule has 0 aromatic heterocycles. The average molecular weight is 368 g/mol. The van der Waals surface area contributed by atoms with Crippen LogP contribution in [0, 0.1) is 12.3 Å². The quantitative estimate of drug-likeness (QED) is 0.357. The van der Waals surface area contributed by atoms with Crippen molar-refractivity contribution in [3.8, 4) is 12.3 Å². The van der Waals surface area contributed by atoms with Crippen LogP contribution in [0.4, 0.5) is 5.69 Å². The van der Waals surface area contributed by atoms with Crippen molar-refractivity contribution in [2.24, 2.45) is 0 Å². The summed E-state index contributed by atoms with van der Waals surface area (Å²) in [7, 11) is 0. The first-order valence-electron chi connectivity index (χ1n) is 8.22. The van der Waals surface area contributed by atoms with Crippen molar-refractivity contribution < 1.29 is 24.0 Å². The van der Waals surface area contributed by atoms with Crippen LogP contribution < -0.4 is 16.0 Å². The number of carbonyl (C=O) groups is 5. The van der Waals surface area contributed by atoms with Gasteiger partial charge in [-0.3, -0.25) is 39.5 Å². The molecule has 0 saturated carbocycles. The van der Waals surface area contributed by atoms with Crippen LogP contribution in [0.2, 0.25) is 0 Å². The number of piperidine rings is 1. The summed E-state index contributed by atoms with van der Waals surface area (Å²) in [5.74, 6) is -0.550. The summed E-state index contributed by atoms with van der Waals surface area (Å²) < 4.78 is 0. The van der Waals surface area contributed by atoms with Gasteiger partial charge in [-0.05, 0) is 18.6 Å². The van der Waals surface area contributed by atoms with E-state index in [1.165, 1.54) is 18.2 Å². The summed E-state index contributed by atoms with van der Waals surface area (Å²) in [6, 6.07) is 3.42. The molecule has 0 aliphatic carbocycles. The first-order chi connectivity index (χ1) is 12.9. The van der Waals surface area contributed by atoms with Gasteiger partial charge in [0.1, 0.15) is 6.04 Å². The Hall–Kier alpha value is -3.51. The van der Waals surface area contributed by atoms with Crippen molar-refractivity contribution in [3.63, 3.8) is 0 Å². The van der Waals surface area contributed by atoms with E-state index in [9.17, 15) is 24.0 Å². The Labute approximate surface area is 154 Å². The zero-order valence-electron chi connectivity index (χ0n) is 14.2. The monoisotopic (exact) mass is 368 g/mol. The maximum Gasteiger partial charge on any atom is 0.264 e. The topological polar surface area (TPSA) is 125 Å². The molecule has 1 fully saturated rings. The minimum absolute atomic E-state index is 0.0255. The summed E-state index contributed by atoms with van der Waals surface area (Å²) in [5.41, 5.74) is 0.296. The van der Waals surface area contributed by atoms with Gasteiger partial charge >= 0.3 is 0 Å². The minimum atomic E-state index is -1.06. The van der Waals surface area contributed by atoms with Crippen LogP contribution in [0.25, 0.3) is 0 Å². The van der Waals surface area contributed by atoms with Gasteiger partial charge in [-0.1, -0.05) is 12.0 Å². The molecule has 138 valence electrons. The lowest BCUT2D eigenvalue weighted by atomic mass is 10.0. The average Bonchev–Trinajstić information content (AvgIpc) is 2.88. The van der Waals surface area contributed by atoms with Crippen molar-refractivity contribution in [2.75, 3.05) is 18.4 Å². The zero-order chi connectivity index (χ0) is 19.6. The first kappa shape index (κ1) is 18.3. The lowest BCUT2D eigenvalue weighted by Crippen LogP contribution is -2.54. The van der Waals surface area contributed by atoms with E-state index in [1.807, 2.05) is 0 Å². The van der Waals surface area contributed by atoms with E-state index in [1.54, 1.807) is 0 Å². The molecule has 2 aliphatic rings. The predicted octanol–water partition coefficient (Wildman–Crippen LogP) is -0.751. The summed E-state index contributed by atoms with van der Waals surface area (Å²) in [6.45, 7) is 0.147. The van der Waals surface area contributed by atoms with Crippen LogP contribution >= 0.6 is 0 Å². The molecule has 1 atom stereocenters. The van der Waals surface area contributed by atoms with Crippen molar-refractivity contribution in [1.82, 2.24) is 15.5 Å². The van der Waals surface area contributed by atoms with Gasteiger partial charge in [-0.2, -0.15) is 0 Å². The van der Waals surface area contributed by atoms with Gasteiger partial charge in [0.05, 0.1) is 29.9 Å². The van der Waals surface area contributed by atoms with Crippen molar-refractivity contribution in [3.05, 3.63) is 29.3 Å². The summed E-state index contributed by atoms with van der Waals surface area (Å²) in [6.07, 6.45) is 5.19. The van der Waals surface area contributed by atoms with Gasteiger partial charge in [0.15, 0.2) is 0 Å². The fourth-order valence-electron chi connectivity index (χ4n) is 3.06. The van der Waals surface area contributed by atoms with Gasteiger partial charge in [-0.15, -0.1) is 6.42 Å². The van der Waals surface area contributed by atoms with Crippen LogP contribution in [-0.4, -0.2) is 53.6 Å². The molecule has 0 radical (unpaired) electrons. The zero-order valence-corrected chi connectivity index (χ0v) is 14.2. The van der Waals surface area contributed by atoms with Crippen LogP contribution in [0.5, 0.6) is 0 Å². The largest absolute Gasteiger partial charge is 0.324 e. The normalized spacial score (nSPS) is 18.8. The number of anilines is 1. The third-order valence-electron chi connectivity index (χ3n) is 4.25. The molecule has 3 rings (SSSR count). The van der Waals surface area contributed by atoms with Gasteiger partial charge < -0.3 is 5.32 Å². The molecular weight excluding hydrogens is 352 g/mol. The van der Waals surface area contributed by atoms with Gasteiger partial charge in [-0.25, -0.2) is 0 Å². The van der Waals surface area contributed by atoms with Gasteiger partial charge in [0.25, 0.3) is 11.8 Å². The molecule has 2 heterocycles. The molecule has 0 bridgehead atoms. The standard InChI is InChI=1S/C18H16N4O5/c1-2-8-19-9-14(24)20-11-5-3-4-10-15(11)18(27)22(17(10)26)12-6-7-13(23)21-16(12)25/h1,3-5,12,19H,6-9H2,(H,20,24)(H,21,23,25). The highest BCUT2D eigenvalue weighted by Gasteiger charge is 2.45. The fourth-order valence-corrected chi connectivity index (χ4v) is 3.06. The third kappa shape index (κ3) is 3.43. The molecule has 3 N–H and O–H groups in total. The molecule has 1 unspecified atom stereocenters. The number of imide groups is 2. The number of benzene rings is 1. The maximum absolute atomic E-state index is 12.8. The highest BCUT2D eigenvalue weighted by molar-refractivity contribution is 6.26. The lowest BCUT2D eigenvalue weighted by Gasteiger charge is -2.27. The fraction of sp³-hybridized carbons (Fsp3) is 0.278. The van der Waals surface area contributed by atoms with E-state index in [0.29, 0.717) is 0 Å². The van der Waals surface area contributed by atoms with Gasteiger partial charge in [0, 0.05) is 6.42 Å². The van der Waals surface area contributed by atoms with E-state index < -0.39 is 35.6 Å². The Morgan fingerprint density at radius 3 is 2.74 bits per heavy atom. The summed E-state index contributed by atoms with van der Waals surface area (Å²) >= 11 is 0. The van der Waals surface area contributed by atoms with E-state index >= 15 is 0 Å². The number of hydrogen-bond acceptors (Lipinski definition) is 6. The highest BCUT2D eigenvalue weighted by atomic mass is 16.2. The molecule has 1 aromatic carbocycles. The summed E-state index contributed by atoms with van der Waals surface area (Å²) in [5, 5.41) is 7.42. The van der Waals surface area contributed by atoms with Crippen LogP contribution in [-0.2, 0) is 14.4 Å². The van der Waals surface area contributed by atoms with E-state index in [0.717, 1.165) is 4.90 Å². The molecule has 27 heavy (non-hydrogen) atoms. The van der Waals surface area contributed by atoms with Crippen LogP contribution in [0.15, 0.2) is 18.2 Å². The Morgan fingerprint density at radius 2 is 2.04 bits per heavy atom. The Balaban J connectivity index is 1.84. The number of rotatable bonds is 5. The van der Waals surface area contributed by atoms with Gasteiger partial charge in [0.2, 0.25) is 17.7 Å². The number of nitrogens with zero attached hydrogens (tertiary/aromatic N) is 1. The number of hydrogen-bond donors (Lipinski definition) is 3. The molecule has 9 nitrogen and oxygen atoms in total. The lowest BCUT2D eigenvalue weighted by molar-refractivity contribution is -0.136. The van der Waals surface area contributed by atoms with E-state index in [2.05, 4.69) is 21.9 Å². The van der Waals surface area contributed by atoms with Crippen molar-refractivity contribution in [1.29, 1.82) is 0 Å². The highest BCUT2D eigenvalue weighted by Crippen LogP contribution is 2.32. The molecule has 0 spiro atoms. The van der Waals surface area contributed by atoms with Crippen LogP contribution in [0.1, 0.15) is 33.6 Å². The predicted molar refractivity (Wildman–Crippen MR) is 93.4 cm³/mol.